The van der Waals surface area contributed by atoms with E-state index in [4.69, 9.17) is 10.8 Å². The van der Waals surface area contributed by atoms with E-state index in [1.165, 1.54) is 12.3 Å². The highest BCUT2D eigenvalue weighted by molar-refractivity contribution is 5.88. The molecule has 0 aromatic carbocycles. The summed E-state index contributed by atoms with van der Waals surface area (Å²) in [6, 6.07) is 3.25. The average molecular weight is 221 g/mol. The van der Waals surface area contributed by atoms with Crippen molar-refractivity contribution in [2.24, 2.45) is 5.73 Å². The summed E-state index contributed by atoms with van der Waals surface area (Å²) >= 11 is 0. The molecular weight excluding hydrogens is 206 g/mol. The highest BCUT2D eigenvalue weighted by atomic mass is 16.4. The molecule has 5 nitrogen and oxygen atoms in total. The topological polar surface area (TPSA) is 79.5 Å². The van der Waals surface area contributed by atoms with Crippen molar-refractivity contribution < 1.29 is 9.90 Å². The minimum atomic E-state index is -0.926. The molecule has 1 aromatic heterocycles. The molecule has 0 aliphatic carbocycles. The zero-order chi connectivity index (χ0) is 11.5. The number of pyridine rings is 1. The van der Waals surface area contributed by atoms with Gasteiger partial charge in [0.1, 0.15) is 5.82 Å². The van der Waals surface area contributed by atoms with Gasteiger partial charge in [0, 0.05) is 25.3 Å². The number of nitrogens with zero attached hydrogens (tertiary/aromatic N) is 2. The molecule has 1 fully saturated rings. The third kappa shape index (κ3) is 2.30. The Bertz CT molecular complexity index is 395. The number of carboxylic acid groups (broad SMARTS) is 1. The van der Waals surface area contributed by atoms with Gasteiger partial charge in [-0.3, -0.25) is 0 Å². The molecule has 0 radical (unpaired) electrons. The number of carbonyl (C=O) groups is 1. The number of hydrogen-bond donors (Lipinski definition) is 2. The molecule has 3 N–H and O–H groups in total. The van der Waals surface area contributed by atoms with Crippen molar-refractivity contribution in [1.29, 1.82) is 0 Å². The number of anilines is 1. The van der Waals surface area contributed by atoms with Gasteiger partial charge in [-0.2, -0.15) is 0 Å². The van der Waals surface area contributed by atoms with Gasteiger partial charge in [-0.1, -0.05) is 0 Å². The van der Waals surface area contributed by atoms with Crippen molar-refractivity contribution >= 4 is 11.8 Å². The second kappa shape index (κ2) is 4.49. The van der Waals surface area contributed by atoms with E-state index in [9.17, 15) is 4.79 Å². The number of nitrogens with two attached hydrogens (primary N) is 1. The maximum absolute atomic E-state index is 10.8. The van der Waals surface area contributed by atoms with Gasteiger partial charge in [-0.05, 0) is 25.0 Å². The van der Waals surface area contributed by atoms with Crippen LogP contribution in [-0.4, -0.2) is 35.2 Å². The maximum Gasteiger partial charge on any atom is 0.335 e. The Hall–Kier alpha value is -1.62. The van der Waals surface area contributed by atoms with Crippen LogP contribution < -0.4 is 10.6 Å². The van der Waals surface area contributed by atoms with Gasteiger partial charge in [0.15, 0.2) is 0 Å². The van der Waals surface area contributed by atoms with Crippen LogP contribution in [-0.2, 0) is 0 Å². The molecule has 1 aliphatic rings. The van der Waals surface area contributed by atoms with Crippen molar-refractivity contribution in [3.05, 3.63) is 23.9 Å². The number of aromatic carboxylic acids is 1. The zero-order valence-electron chi connectivity index (χ0n) is 8.97. The fourth-order valence-electron chi connectivity index (χ4n) is 1.94. The van der Waals surface area contributed by atoms with E-state index in [1.54, 1.807) is 6.07 Å². The molecule has 0 amide bonds. The summed E-state index contributed by atoms with van der Waals surface area (Å²) in [5.41, 5.74) is 6.14. The quantitative estimate of drug-likeness (QED) is 0.768. The number of carboxylic acids is 1. The van der Waals surface area contributed by atoms with Crippen LogP contribution in [0.2, 0.25) is 0 Å². The summed E-state index contributed by atoms with van der Waals surface area (Å²) in [5.74, 6) is -0.222. The predicted molar refractivity (Wildman–Crippen MR) is 60.6 cm³/mol. The number of piperidine rings is 1. The minimum Gasteiger partial charge on any atom is -0.478 e. The number of rotatable bonds is 2. The summed E-state index contributed by atoms with van der Waals surface area (Å²) in [6.45, 7) is 1.64. The van der Waals surface area contributed by atoms with Gasteiger partial charge in [-0.25, -0.2) is 9.78 Å². The van der Waals surface area contributed by atoms with Crippen molar-refractivity contribution in [1.82, 2.24) is 4.98 Å². The van der Waals surface area contributed by atoms with E-state index in [2.05, 4.69) is 4.98 Å². The molecule has 86 valence electrons. The third-order valence-corrected chi connectivity index (χ3v) is 2.77. The zero-order valence-corrected chi connectivity index (χ0v) is 8.97. The summed E-state index contributed by atoms with van der Waals surface area (Å²) in [5, 5.41) is 8.89. The first kappa shape index (κ1) is 10.9. The Balaban J connectivity index is 2.19. The predicted octanol–water partition coefficient (Wildman–Crippen LogP) is 0.707. The van der Waals surface area contributed by atoms with E-state index < -0.39 is 5.97 Å². The lowest BCUT2D eigenvalue weighted by Crippen LogP contribution is -2.43. The fraction of sp³-hybridized carbons (Fsp3) is 0.455. The molecule has 1 saturated heterocycles. The second-order valence-corrected chi connectivity index (χ2v) is 4.06. The van der Waals surface area contributed by atoms with Crippen LogP contribution in [0, 0.1) is 0 Å². The molecule has 5 heteroatoms. The highest BCUT2D eigenvalue weighted by Gasteiger charge is 2.18. The van der Waals surface area contributed by atoms with Gasteiger partial charge in [0.05, 0.1) is 5.56 Å². The first-order valence-electron chi connectivity index (χ1n) is 5.36. The van der Waals surface area contributed by atoms with E-state index in [0.29, 0.717) is 5.82 Å². The Morgan fingerprint density at radius 3 is 3.12 bits per heavy atom. The van der Waals surface area contributed by atoms with Crippen LogP contribution in [0.3, 0.4) is 0 Å². The Morgan fingerprint density at radius 2 is 2.44 bits per heavy atom. The molecule has 1 aromatic rings. The SMILES string of the molecule is NC1CCCN(c2cc(C(=O)O)ccn2)C1. The third-order valence-electron chi connectivity index (χ3n) is 2.77. The Kier molecular flexibility index (Phi) is 3.05. The molecular formula is C11H15N3O2. The van der Waals surface area contributed by atoms with E-state index in [-0.39, 0.29) is 11.6 Å². The van der Waals surface area contributed by atoms with Gasteiger partial charge in [0.25, 0.3) is 0 Å². The highest BCUT2D eigenvalue weighted by Crippen LogP contribution is 2.17. The normalized spacial score (nSPS) is 20.8. The summed E-state index contributed by atoms with van der Waals surface area (Å²) in [6.07, 6.45) is 3.58. The smallest absolute Gasteiger partial charge is 0.335 e. The van der Waals surface area contributed by atoms with E-state index in [0.717, 1.165) is 25.9 Å². The first-order chi connectivity index (χ1) is 7.66. The molecule has 0 bridgehead atoms. The van der Waals surface area contributed by atoms with Gasteiger partial charge in [-0.15, -0.1) is 0 Å². The van der Waals surface area contributed by atoms with E-state index in [1.807, 2.05) is 4.90 Å². The minimum absolute atomic E-state index is 0.157. The average Bonchev–Trinajstić information content (AvgIpc) is 2.29. The van der Waals surface area contributed by atoms with Gasteiger partial charge < -0.3 is 15.7 Å². The molecule has 1 unspecified atom stereocenters. The van der Waals surface area contributed by atoms with Crippen LogP contribution in [0.15, 0.2) is 18.3 Å². The molecule has 0 saturated carbocycles. The molecule has 2 heterocycles. The summed E-state index contributed by atoms with van der Waals surface area (Å²) in [7, 11) is 0. The van der Waals surface area contributed by atoms with Crippen LogP contribution in [0.1, 0.15) is 23.2 Å². The lowest BCUT2D eigenvalue weighted by Gasteiger charge is -2.31. The summed E-state index contributed by atoms with van der Waals surface area (Å²) in [4.78, 5) is 17.1. The lowest BCUT2D eigenvalue weighted by atomic mass is 10.1. The van der Waals surface area contributed by atoms with Crippen molar-refractivity contribution in [3.63, 3.8) is 0 Å². The lowest BCUT2D eigenvalue weighted by molar-refractivity contribution is 0.0697. The Morgan fingerprint density at radius 1 is 1.62 bits per heavy atom. The van der Waals surface area contributed by atoms with E-state index >= 15 is 0 Å². The molecule has 2 rings (SSSR count). The summed E-state index contributed by atoms with van der Waals surface area (Å²) < 4.78 is 0. The van der Waals surface area contributed by atoms with Crippen LogP contribution in [0.4, 0.5) is 5.82 Å². The molecule has 1 aliphatic heterocycles. The standard InChI is InChI=1S/C11H15N3O2/c12-9-2-1-5-14(7-9)10-6-8(11(15)16)3-4-13-10/h3-4,6,9H,1-2,5,7,12H2,(H,15,16). The molecule has 0 spiro atoms. The van der Waals surface area contributed by atoms with Crippen molar-refractivity contribution in [2.75, 3.05) is 18.0 Å². The number of hydrogen-bond acceptors (Lipinski definition) is 4. The van der Waals surface area contributed by atoms with Crippen LogP contribution in [0.25, 0.3) is 0 Å². The van der Waals surface area contributed by atoms with Gasteiger partial charge >= 0.3 is 5.97 Å². The van der Waals surface area contributed by atoms with Crippen LogP contribution in [0.5, 0.6) is 0 Å². The van der Waals surface area contributed by atoms with Crippen LogP contribution >= 0.6 is 0 Å². The first-order valence-corrected chi connectivity index (χ1v) is 5.36. The Labute approximate surface area is 93.9 Å². The second-order valence-electron chi connectivity index (χ2n) is 4.06. The largest absolute Gasteiger partial charge is 0.478 e. The maximum atomic E-state index is 10.8. The van der Waals surface area contributed by atoms with Crippen molar-refractivity contribution in [2.45, 2.75) is 18.9 Å². The monoisotopic (exact) mass is 221 g/mol. The fourth-order valence-corrected chi connectivity index (χ4v) is 1.94. The van der Waals surface area contributed by atoms with Gasteiger partial charge in [0.2, 0.25) is 0 Å². The molecule has 1 atom stereocenters. The molecule has 16 heavy (non-hydrogen) atoms. The number of aromatic nitrogens is 1. The van der Waals surface area contributed by atoms with Crippen molar-refractivity contribution in [3.8, 4) is 0 Å².